The van der Waals surface area contributed by atoms with Crippen LogP contribution in [-0.4, -0.2) is 34.2 Å². The quantitative estimate of drug-likeness (QED) is 0.753. The molecule has 7 heteroatoms. The number of hydrogen-bond donors (Lipinski definition) is 1. The first-order valence-corrected chi connectivity index (χ1v) is 9.18. The summed E-state index contributed by atoms with van der Waals surface area (Å²) in [5.41, 5.74) is 2.21. The molecule has 0 radical (unpaired) electrons. The van der Waals surface area contributed by atoms with Gasteiger partial charge in [-0.15, -0.1) is 0 Å². The Hall–Kier alpha value is -4.00. The molecule has 29 heavy (non-hydrogen) atoms. The molecule has 2 aliphatic heterocycles. The van der Waals surface area contributed by atoms with E-state index < -0.39 is 6.17 Å². The molecule has 3 heterocycles. The van der Waals surface area contributed by atoms with Crippen LogP contribution in [0.4, 0.5) is 11.5 Å². The van der Waals surface area contributed by atoms with Gasteiger partial charge in [0, 0.05) is 17.3 Å². The van der Waals surface area contributed by atoms with Crippen LogP contribution >= 0.6 is 0 Å². The average molecular weight is 384 g/mol. The standard InChI is InChI=1S/C22H16N4O3/c27-19(24-18-11-5-6-12-23-18)13-25-20-14-7-1-2-8-15(14)22(29)26(20)17-10-4-3-9-16(17)21(25)28/h1-12,20H,13H2,(H,23,24,27)/t20-/m0/s1. The number of nitrogens with one attached hydrogen (secondary N) is 1. The molecule has 1 N–H and O–H groups in total. The van der Waals surface area contributed by atoms with Crippen molar-refractivity contribution in [2.45, 2.75) is 6.17 Å². The average Bonchev–Trinajstić information content (AvgIpc) is 3.05. The van der Waals surface area contributed by atoms with Gasteiger partial charge in [0.05, 0.1) is 11.3 Å². The molecule has 0 spiro atoms. The van der Waals surface area contributed by atoms with Crippen molar-refractivity contribution < 1.29 is 14.4 Å². The van der Waals surface area contributed by atoms with Gasteiger partial charge in [-0.3, -0.25) is 19.3 Å². The first-order valence-electron chi connectivity index (χ1n) is 9.18. The van der Waals surface area contributed by atoms with E-state index in [-0.39, 0.29) is 24.3 Å². The summed E-state index contributed by atoms with van der Waals surface area (Å²) < 4.78 is 0. The summed E-state index contributed by atoms with van der Waals surface area (Å²) in [6.45, 7) is -0.202. The predicted molar refractivity (Wildman–Crippen MR) is 106 cm³/mol. The van der Waals surface area contributed by atoms with Crippen LogP contribution in [0.2, 0.25) is 0 Å². The van der Waals surface area contributed by atoms with Crippen molar-refractivity contribution >= 4 is 29.2 Å². The third-order valence-corrected chi connectivity index (χ3v) is 5.13. The van der Waals surface area contributed by atoms with Crippen molar-refractivity contribution in [2.24, 2.45) is 0 Å². The molecule has 1 aromatic heterocycles. The minimum atomic E-state index is -0.657. The monoisotopic (exact) mass is 384 g/mol. The Balaban J connectivity index is 1.55. The van der Waals surface area contributed by atoms with E-state index >= 15 is 0 Å². The number of hydrogen-bond acceptors (Lipinski definition) is 4. The molecular formula is C22H16N4O3. The summed E-state index contributed by atoms with van der Waals surface area (Å²) in [6, 6.07) is 19.3. The molecule has 3 aromatic rings. The fourth-order valence-corrected chi connectivity index (χ4v) is 3.91. The predicted octanol–water partition coefficient (Wildman–Crippen LogP) is 2.84. The summed E-state index contributed by atoms with van der Waals surface area (Å²) in [7, 11) is 0. The molecular weight excluding hydrogens is 368 g/mol. The molecule has 1 atom stereocenters. The second-order valence-corrected chi connectivity index (χ2v) is 6.85. The van der Waals surface area contributed by atoms with Gasteiger partial charge in [-0.25, -0.2) is 4.98 Å². The zero-order valence-corrected chi connectivity index (χ0v) is 15.3. The maximum atomic E-state index is 13.3. The molecule has 142 valence electrons. The van der Waals surface area contributed by atoms with Gasteiger partial charge >= 0.3 is 0 Å². The van der Waals surface area contributed by atoms with Crippen molar-refractivity contribution in [3.05, 3.63) is 89.6 Å². The van der Waals surface area contributed by atoms with Crippen LogP contribution in [0.3, 0.4) is 0 Å². The summed E-state index contributed by atoms with van der Waals surface area (Å²) in [4.78, 5) is 46.1. The molecule has 0 aliphatic carbocycles. The maximum Gasteiger partial charge on any atom is 0.260 e. The van der Waals surface area contributed by atoms with E-state index in [1.807, 2.05) is 12.1 Å². The molecule has 0 fully saturated rings. The van der Waals surface area contributed by atoms with Gasteiger partial charge < -0.3 is 10.2 Å². The number of nitrogens with zero attached hydrogens (tertiary/aromatic N) is 3. The van der Waals surface area contributed by atoms with Gasteiger partial charge in [0.25, 0.3) is 11.8 Å². The summed E-state index contributed by atoms with van der Waals surface area (Å²) in [5.74, 6) is -0.446. The highest BCUT2D eigenvalue weighted by molar-refractivity contribution is 6.17. The molecule has 2 aromatic carbocycles. The number of fused-ring (bicyclic) bond motifs is 5. The van der Waals surface area contributed by atoms with Crippen LogP contribution in [-0.2, 0) is 4.79 Å². The highest BCUT2D eigenvalue weighted by Crippen LogP contribution is 2.44. The fourth-order valence-electron chi connectivity index (χ4n) is 3.91. The summed E-state index contributed by atoms with van der Waals surface area (Å²) in [5, 5.41) is 2.70. The smallest absolute Gasteiger partial charge is 0.260 e. The number of anilines is 2. The third kappa shape index (κ3) is 2.67. The van der Waals surface area contributed by atoms with Crippen molar-refractivity contribution in [3.8, 4) is 0 Å². The molecule has 0 bridgehead atoms. The number of carbonyl (C=O) groups is 3. The zero-order chi connectivity index (χ0) is 20.0. The van der Waals surface area contributed by atoms with E-state index in [0.29, 0.717) is 28.2 Å². The van der Waals surface area contributed by atoms with Crippen LogP contribution in [0.5, 0.6) is 0 Å². The number of pyridine rings is 1. The van der Waals surface area contributed by atoms with E-state index in [1.165, 1.54) is 4.90 Å². The molecule has 7 nitrogen and oxygen atoms in total. The normalized spacial score (nSPS) is 16.9. The van der Waals surface area contributed by atoms with Gasteiger partial charge in [-0.2, -0.15) is 0 Å². The minimum absolute atomic E-state index is 0.180. The number of benzene rings is 2. The Morgan fingerprint density at radius 3 is 2.41 bits per heavy atom. The lowest BCUT2D eigenvalue weighted by atomic mass is 10.0. The topological polar surface area (TPSA) is 82.6 Å². The number of aromatic nitrogens is 1. The van der Waals surface area contributed by atoms with E-state index in [9.17, 15) is 14.4 Å². The van der Waals surface area contributed by atoms with E-state index in [1.54, 1.807) is 65.7 Å². The highest BCUT2D eigenvalue weighted by atomic mass is 16.2. The zero-order valence-electron chi connectivity index (χ0n) is 15.3. The first-order chi connectivity index (χ1) is 14.1. The largest absolute Gasteiger partial charge is 0.309 e. The summed E-state index contributed by atoms with van der Waals surface area (Å²) >= 11 is 0. The Morgan fingerprint density at radius 2 is 1.62 bits per heavy atom. The first kappa shape index (κ1) is 17.1. The van der Waals surface area contributed by atoms with Gasteiger partial charge in [0.1, 0.15) is 18.5 Å². The fraction of sp³-hybridized carbons (Fsp3) is 0.0909. The molecule has 5 rings (SSSR count). The van der Waals surface area contributed by atoms with E-state index in [0.717, 1.165) is 0 Å². The minimum Gasteiger partial charge on any atom is -0.309 e. The van der Waals surface area contributed by atoms with Crippen LogP contribution in [0, 0.1) is 0 Å². The summed E-state index contributed by atoms with van der Waals surface area (Å²) in [6.07, 6.45) is 0.918. The SMILES string of the molecule is O=C(CN1C(=O)c2ccccc2N2C(=O)c3ccccc3[C@@H]12)Nc1ccccn1. The van der Waals surface area contributed by atoms with Crippen LogP contribution in [0.1, 0.15) is 32.4 Å². The number of amides is 3. The molecule has 0 saturated carbocycles. The van der Waals surface area contributed by atoms with Gasteiger partial charge in [0.2, 0.25) is 5.91 Å². The Bertz CT molecular complexity index is 1150. The van der Waals surface area contributed by atoms with E-state index in [2.05, 4.69) is 10.3 Å². The van der Waals surface area contributed by atoms with Crippen LogP contribution in [0.15, 0.2) is 72.9 Å². The number of para-hydroxylation sites is 1. The molecule has 2 aliphatic rings. The maximum absolute atomic E-state index is 13.3. The van der Waals surface area contributed by atoms with Crippen molar-refractivity contribution in [1.82, 2.24) is 9.88 Å². The van der Waals surface area contributed by atoms with Crippen molar-refractivity contribution in [1.29, 1.82) is 0 Å². The second kappa shape index (κ2) is 6.56. The highest BCUT2D eigenvalue weighted by Gasteiger charge is 2.48. The van der Waals surface area contributed by atoms with Crippen LogP contribution in [0.25, 0.3) is 0 Å². The lowest BCUT2D eigenvalue weighted by molar-refractivity contribution is -0.117. The Morgan fingerprint density at radius 1 is 0.897 bits per heavy atom. The second-order valence-electron chi connectivity index (χ2n) is 6.85. The third-order valence-electron chi connectivity index (χ3n) is 5.13. The molecule has 0 saturated heterocycles. The van der Waals surface area contributed by atoms with E-state index in [4.69, 9.17) is 0 Å². The van der Waals surface area contributed by atoms with Crippen molar-refractivity contribution in [2.75, 3.05) is 16.8 Å². The Kier molecular flexibility index (Phi) is 3.87. The lowest BCUT2D eigenvalue weighted by Crippen LogP contribution is -2.50. The van der Waals surface area contributed by atoms with Gasteiger partial charge in [0.15, 0.2) is 0 Å². The number of rotatable bonds is 3. The molecule has 0 unspecified atom stereocenters. The van der Waals surface area contributed by atoms with Crippen LogP contribution < -0.4 is 10.2 Å². The molecule has 3 amide bonds. The van der Waals surface area contributed by atoms with Gasteiger partial charge in [-0.1, -0.05) is 36.4 Å². The number of carbonyl (C=O) groups excluding carboxylic acids is 3. The Labute approximate surface area is 166 Å². The van der Waals surface area contributed by atoms with Gasteiger partial charge in [-0.05, 0) is 30.3 Å². The lowest BCUT2D eigenvalue weighted by Gasteiger charge is -2.40. The van der Waals surface area contributed by atoms with Crippen molar-refractivity contribution in [3.63, 3.8) is 0 Å².